The lowest BCUT2D eigenvalue weighted by atomic mass is 10.1. The molecular formula is C22H26BrN3O6S. The molecule has 0 aliphatic carbocycles. The summed E-state index contributed by atoms with van der Waals surface area (Å²) in [5, 5.41) is 2.72. The van der Waals surface area contributed by atoms with Gasteiger partial charge < -0.3 is 19.7 Å². The number of amides is 2. The first-order chi connectivity index (χ1) is 15.6. The monoisotopic (exact) mass is 539 g/mol. The van der Waals surface area contributed by atoms with Crippen molar-refractivity contribution in [3.05, 3.63) is 52.5 Å². The summed E-state index contributed by atoms with van der Waals surface area (Å²) in [4.78, 5) is 27.3. The smallest absolute Gasteiger partial charge is 0.244 e. The minimum Gasteiger partial charge on any atom is -0.454 e. The van der Waals surface area contributed by atoms with Crippen LogP contribution < -0.4 is 19.1 Å². The van der Waals surface area contributed by atoms with Gasteiger partial charge in [0.15, 0.2) is 11.5 Å². The van der Waals surface area contributed by atoms with Crippen molar-refractivity contribution in [2.24, 2.45) is 0 Å². The van der Waals surface area contributed by atoms with E-state index in [0.717, 1.165) is 20.6 Å². The molecule has 0 aromatic heterocycles. The van der Waals surface area contributed by atoms with E-state index >= 15 is 0 Å². The number of nitrogens with one attached hydrogen (secondary N) is 1. The number of sulfonamides is 1. The van der Waals surface area contributed by atoms with Crippen molar-refractivity contribution in [2.45, 2.75) is 26.4 Å². The largest absolute Gasteiger partial charge is 0.454 e. The number of ether oxygens (including phenoxy) is 2. The fourth-order valence-corrected chi connectivity index (χ4v) is 4.45. The highest BCUT2D eigenvalue weighted by molar-refractivity contribution is 9.10. The molecule has 0 spiro atoms. The molecule has 1 heterocycles. The Balaban J connectivity index is 1.90. The van der Waals surface area contributed by atoms with Gasteiger partial charge in [-0.15, -0.1) is 0 Å². The third kappa shape index (κ3) is 6.17. The second-order valence-corrected chi connectivity index (χ2v) is 10.3. The predicted octanol–water partition coefficient (Wildman–Crippen LogP) is 2.50. The van der Waals surface area contributed by atoms with Gasteiger partial charge >= 0.3 is 0 Å². The van der Waals surface area contributed by atoms with Gasteiger partial charge in [0.2, 0.25) is 28.6 Å². The van der Waals surface area contributed by atoms with Crippen LogP contribution in [-0.2, 0) is 26.2 Å². The van der Waals surface area contributed by atoms with E-state index in [1.165, 1.54) is 11.0 Å². The molecule has 0 radical (unpaired) electrons. The van der Waals surface area contributed by atoms with Crippen molar-refractivity contribution in [2.75, 3.05) is 30.4 Å². The molecule has 1 unspecified atom stereocenters. The summed E-state index contributed by atoms with van der Waals surface area (Å²) in [5.74, 6) is 0.0629. The summed E-state index contributed by atoms with van der Waals surface area (Å²) in [7, 11) is -3.82. The highest BCUT2D eigenvalue weighted by Gasteiger charge is 2.30. The number of halogens is 1. The Labute approximate surface area is 201 Å². The fraction of sp³-hybridized carbons (Fsp3) is 0.364. The van der Waals surface area contributed by atoms with Crippen molar-refractivity contribution in [1.82, 2.24) is 10.2 Å². The Kier molecular flexibility index (Phi) is 7.85. The van der Waals surface area contributed by atoms with Crippen LogP contribution in [-0.4, -0.2) is 57.3 Å². The molecule has 0 bridgehead atoms. The molecule has 0 saturated heterocycles. The zero-order valence-electron chi connectivity index (χ0n) is 18.6. The Morgan fingerprint density at radius 1 is 1.12 bits per heavy atom. The van der Waals surface area contributed by atoms with E-state index in [-0.39, 0.29) is 24.9 Å². The topological polar surface area (TPSA) is 105 Å². The molecule has 2 aromatic rings. The van der Waals surface area contributed by atoms with Gasteiger partial charge in [-0.25, -0.2) is 8.42 Å². The Morgan fingerprint density at radius 3 is 2.42 bits per heavy atom. The molecule has 0 fully saturated rings. The number of anilines is 1. The molecular weight excluding hydrogens is 514 g/mol. The van der Waals surface area contributed by atoms with Gasteiger partial charge in [-0.05, 0) is 43.7 Å². The third-order valence-electron chi connectivity index (χ3n) is 5.11. The molecule has 9 nitrogen and oxygen atoms in total. The standard InChI is InChI=1S/C22H26BrN3O6S/c1-4-24-22(28)15(2)25(12-16-5-7-17(23)8-6-16)21(27)13-26(33(3,29)30)18-9-10-19-20(11-18)32-14-31-19/h5-11,15H,4,12-14H2,1-3H3,(H,24,28). The lowest BCUT2D eigenvalue weighted by molar-refractivity contribution is -0.139. The zero-order valence-corrected chi connectivity index (χ0v) is 21.0. The number of hydrogen-bond acceptors (Lipinski definition) is 6. The van der Waals surface area contributed by atoms with Gasteiger partial charge in [-0.2, -0.15) is 0 Å². The molecule has 11 heteroatoms. The van der Waals surface area contributed by atoms with E-state index in [4.69, 9.17) is 9.47 Å². The number of fused-ring (bicyclic) bond motifs is 1. The van der Waals surface area contributed by atoms with Crippen molar-refractivity contribution in [3.63, 3.8) is 0 Å². The number of hydrogen-bond donors (Lipinski definition) is 1. The van der Waals surface area contributed by atoms with Crippen LogP contribution in [0.4, 0.5) is 5.69 Å². The molecule has 3 rings (SSSR count). The lowest BCUT2D eigenvalue weighted by Crippen LogP contribution is -2.51. The Hall–Kier alpha value is -2.79. The summed E-state index contributed by atoms with van der Waals surface area (Å²) < 4.78 is 37.7. The van der Waals surface area contributed by atoms with Gasteiger partial charge in [0, 0.05) is 23.6 Å². The second-order valence-electron chi connectivity index (χ2n) is 7.53. The predicted molar refractivity (Wildman–Crippen MR) is 128 cm³/mol. The molecule has 2 amide bonds. The number of benzene rings is 2. The van der Waals surface area contributed by atoms with Crippen LogP contribution in [0.5, 0.6) is 11.5 Å². The molecule has 1 aliphatic rings. The molecule has 1 atom stereocenters. The van der Waals surface area contributed by atoms with Crippen molar-refractivity contribution in [1.29, 1.82) is 0 Å². The highest BCUT2D eigenvalue weighted by atomic mass is 79.9. The van der Waals surface area contributed by atoms with Crippen LogP contribution in [0, 0.1) is 0 Å². The van der Waals surface area contributed by atoms with Crippen molar-refractivity contribution >= 4 is 43.5 Å². The van der Waals surface area contributed by atoms with Crippen LogP contribution in [0.3, 0.4) is 0 Å². The quantitative estimate of drug-likeness (QED) is 0.524. The maximum absolute atomic E-state index is 13.4. The summed E-state index contributed by atoms with van der Waals surface area (Å²) >= 11 is 3.38. The fourth-order valence-electron chi connectivity index (χ4n) is 3.35. The van der Waals surface area contributed by atoms with Gasteiger partial charge in [0.1, 0.15) is 12.6 Å². The van der Waals surface area contributed by atoms with E-state index in [0.29, 0.717) is 18.0 Å². The van der Waals surface area contributed by atoms with E-state index in [2.05, 4.69) is 21.2 Å². The van der Waals surface area contributed by atoms with Crippen molar-refractivity contribution < 1.29 is 27.5 Å². The number of rotatable bonds is 9. The maximum Gasteiger partial charge on any atom is 0.244 e. The van der Waals surface area contributed by atoms with E-state index in [9.17, 15) is 18.0 Å². The Morgan fingerprint density at radius 2 is 1.79 bits per heavy atom. The van der Waals surface area contributed by atoms with Crippen LogP contribution in [0.2, 0.25) is 0 Å². The summed E-state index contributed by atoms with van der Waals surface area (Å²) in [6.45, 7) is 3.53. The number of likely N-dealkylation sites (N-methyl/N-ethyl adjacent to an activating group) is 1. The first kappa shape index (κ1) is 24.8. The number of nitrogens with zero attached hydrogens (tertiary/aromatic N) is 2. The normalized spacial score (nSPS) is 13.3. The van der Waals surface area contributed by atoms with Crippen molar-refractivity contribution in [3.8, 4) is 11.5 Å². The molecule has 178 valence electrons. The zero-order chi connectivity index (χ0) is 24.2. The first-order valence-corrected chi connectivity index (χ1v) is 12.9. The van der Waals surface area contributed by atoms with Gasteiger partial charge in [-0.3, -0.25) is 13.9 Å². The van der Waals surface area contributed by atoms with E-state index in [1.807, 2.05) is 24.3 Å². The average molecular weight is 540 g/mol. The van der Waals surface area contributed by atoms with E-state index < -0.39 is 28.5 Å². The summed E-state index contributed by atoms with van der Waals surface area (Å²) in [5.41, 5.74) is 1.07. The van der Waals surface area contributed by atoms with Gasteiger partial charge in [0.25, 0.3) is 0 Å². The van der Waals surface area contributed by atoms with Gasteiger partial charge in [0.05, 0.1) is 11.9 Å². The van der Waals surface area contributed by atoms with Gasteiger partial charge in [-0.1, -0.05) is 28.1 Å². The maximum atomic E-state index is 13.4. The number of carbonyl (C=O) groups excluding carboxylic acids is 2. The minimum atomic E-state index is -3.82. The second kappa shape index (κ2) is 10.4. The van der Waals surface area contributed by atoms with E-state index in [1.54, 1.807) is 26.0 Å². The molecule has 1 N–H and O–H groups in total. The van der Waals surface area contributed by atoms with Crippen LogP contribution in [0.15, 0.2) is 46.9 Å². The Bertz CT molecular complexity index is 1120. The molecule has 1 aliphatic heterocycles. The lowest BCUT2D eigenvalue weighted by Gasteiger charge is -2.31. The SMILES string of the molecule is CCNC(=O)C(C)N(Cc1ccc(Br)cc1)C(=O)CN(c1ccc2c(c1)OCO2)S(C)(=O)=O. The number of carbonyl (C=O) groups is 2. The molecule has 33 heavy (non-hydrogen) atoms. The minimum absolute atomic E-state index is 0.0433. The highest BCUT2D eigenvalue weighted by Crippen LogP contribution is 2.36. The van der Waals surface area contributed by atoms with Crippen LogP contribution in [0.1, 0.15) is 19.4 Å². The third-order valence-corrected chi connectivity index (χ3v) is 6.78. The molecule has 0 saturated carbocycles. The summed E-state index contributed by atoms with van der Waals surface area (Å²) in [6.07, 6.45) is 1.02. The van der Waals surface area contributed by atoms with Crippen LogP contribution in [0.25, 0.3) is 0 Å². The van der Waals surface area contributed by atoms with Crippen LogP contribution >= 0.6 is 15.9 Å². The summed E-state index contributed by atoms with van der Waals surface area (Å²) in [6, 6.07) is 11.2. The molecule has 2 aromatic carbocycles. The average Bonchev–Trinajstić information content (AvgIpc) is 3.23. The first-order valence-electron chi connectivity index (χ1n) is 10.3.